The second-order valence-electron chi connectivity index (χ2n) is 5.20. The van der Waals surface area contributed by atoms with Gasteiger partial charge in [0.15, 0.2) is 0 Å². The summed E-state index contributed by atoms with van der Waals surface area (Å²) in [5.41, 5.74) is 1.45. The average Bonchev–Trinajstić information content (AvgIpc) is 2.55. The standard InChI is InChI=1S/C18H20FNO2/c1-13(14-6-4-3-5-7-14)10-11-20-18(21)16-12-15(19)8-9-17(16)22-2/h3-9,12-13H,10-11H2,1-2H3,(H,20,21). The molecule has 0 aliphatic rings. The number of hydrogen-bond donors (Lipinski definition) is 1. The van der Waals surface area contributed by atoms with Crippen molar-refractivity contribution in [3.8, 4) is 5.75 Å². The van der Waals surface area contributed by atoms with Crippen molar-refractivity contribution in [1.82, 2.24) is 5.32 Å². The number of carbonyl (C=O) groups excluding carboxylic acids is 1. The van der Waals surface area contributed by atoms with E-state index in [2.05, 4.69) is 24.4 Å². The van der Waals surface area contributed by atoms with Crippen LogP contribution in [0.25, 0.3) is 0 Å². The first-order valence-corrected chi connectivity index (χ1v) is 7.28. The van der Waals surface area contributed by atoms with Gasteiger partial charge in [0.1, 0.15) is 11.6 Å². The van der Waals surface area contributed by atoms with E-state index in [0.29, 0.717) is 18.2 Å². The highest BCUT2D eigenvalue weighted by Gasteiger charge is 2.13. The minimum absolute atomic E-state index is 0.217. The molecule has 2 aromatic rings. The summed E-state index contributed by atoms with van der Waals surface area (Å²) in [7, 11) is 1.46. The number of halogens is 1. The highest BCUT2D eigenvalue weighted by atomic mass is 19.1. The molecule has 3 nitrogen and oxygen atoms in total. The van der Waals surface area contributed by atoms with Crippen molar-refractivity contribution >= 4 is 5.91 Å². The fourth-order valence-electron chi connectivity index (χ4n) is 2.30. The summed E-state index contributed by atoms with van der Waals surface area (Å²) in [6.45, 7) is 2.64. The predicted octanol–water partition coefficient (Wildman–Crippen LogP) is 3.76. The lowest BCUT2D eigenvalue weighted by Crippen LogP contribution is -2.26. The normalized spacial score (nSPS) is 11.8. The lowest BCUT2D eigenvalue weighted by molar-refractivity contribution is 0.0949. The van der Waals surface area contributed by atoms with Crippen molar-refractivity contribution < 1.29 is 13.9 Å². The smallest absolute Gasteiger partial charge is 0.255 e. The molecule has 0 radical (unpaired) electrons. The zero-order chi connectivity index (χ0) is 15.9. The van der Waals surface area contributed by atoms with E-state index in [1.54, 1.807) is 0 Å². The van der Waals surface area contributed by atoms with Crippen LogP contribution in [0.4, 0.5) is 4.39 Å². The van der Waals surface area contributed by atoms with E-state index in [0.717, 1.165) is 6.42 Å². The number of ether oxygens (including phenoxy) is 1. The van der Waals surface area contributed by atoms with Crippen molar-refractivity contribution in [3.63, 3.8) is 0 Å². The summed E-state index contributed by atoms with van der Waals surface area (Å²) in [5, 5.41) is 2.82. The molecular formula is C18H20FNO2. The Morgan fingerprint density at radius 1 is 1.23 bits per heavy atom. The van der Waals surface area contributed by atoms with Gasteiger partial charge in [0.05, 0.1) is 12.7 Å². The molecule has 0 heterocycles. The Morgan fingerprint density at radius 2 is 1.95 bits per heavy atom. The van der Waals surface area contributed by atoms with Crippen molar-refractivity contribution in [3.05, 3.63) is 65.5 Å². The summed E-state index contributed by atoms with van der Waals surface area (Å²) in [4.78, 5) is 12.1. The van der Waals surface area contributed by atoms with E-state index in [-0.39, 0.29) is 11.5 Å². The molecule has 0 saturated carbocycles. The van der Waals surface area contributed by atoms with Crippen LogP contribution in [0, 0.1) is 5.82 Å². The topological polar surface area (TPSA) is 38.3 Å². The number of rotatable bonds is 6. The largest absolute Gasteiger partial charge is 0.496 e. The fourth-order valence-corrected chi connectivity index (χ4v) is 2.30. The third-order valence-corrected chi connectivity index (χ3v) is 3.64. The van der Waals surface area contributed by atoms with Gasteiger partial charge in [-0.3, -0.25) is 4.79 Å². The third kappa shape index (κ3) is 4.07. The number of amides is 1. The minimum Gasteiger partial charge on any atom is -0.496 e. The number of nitrogens with one attached hydrogen (secondary N) is 1. The first kappa shape index (κ1) is 16.0. The average molecular weight is 301 g/mol. The van der Waals surface area contributed by atoms with Crippen LogP contribution in [0.15, 0.2) is 48.5 Å². The van der Waals surface area contributed by atoms with E-state index in [1.807, 2.05) is 18.2 Å². The number of methoxy groups -OCH3 is 1. The van der Waals surface area contributed by atoms with Gasteiger partial charge >= 0.3 is 0 Å². The van der Waals surface area contributed by atoms with Crippen molar-refractivity contribution in [2.24, 2.45) is 0 Å². The molecule has 0 saturated heterocycles. The Kier molecular flexibility index (Phi) is 5.53. The lowest BCUT2D eigenvalue weighted by atomic mass is 9.98. The van der Waals surface area contributed by atoms with Crippen molar-refractivity contribution in [1.29, 1.82) is 0 Å². The van der Waals surface area contributed by atoms with Crippen LogP contribution >= 0.6 is 0 Å². The molecule has 2 rings (SSSR count). The molecule has 0 aliphatic heterocycles. The maximum absolute atomic E-state index is 13.3. The van der Waals surface area contributed by atoms with E-state index in [1.165, 1.54) is 30.9 Å². The quantitative estimate of drug-likeness (QED) is 0.882. The molecule has 1 atom stereocenters. The highest BCUT2D eigenvalue weighted by molar-refractivity contribution is 5.96. The molecule has 0 aromatic heterocycles. The number of hydrogen-bond acceptors (Lipinski definition) is 2. The van der Waals surface area contributed by atoms with Crippen LogP contribution in [-0.2, 0) is 0 Å². The van der Waals surface area contributed by atoms with E-state index >= 15 is 0 Å². The zero-order valence-corrected chi connectivity index (χ0v) is 12.8. The SMILES string of the molecule is COc1ccc(F)cc1C(=O)NCCC(C)c1ccccc1. The number of carbonyl (C=O) groups is 1. The molecule has 2 aromatic carbocycles. The van der Waals surface area contributed by atoms with Gasteiger partial charge in [-0.25, -0.2) is 4.39 Å². The van der Waals surface area contributed by atoms with Crippen LogP contribution in [0.1, 0.15) is 35.2 Å². The van der Waals surface area contributed by atoms with Gasteiger partial charge in [0.2, 0.25) is 0 Å². The molecule has 4 heteroatoms. The lowest BCUT2D eigenvalue weighted by Gasteiger charge is -2.13. The second kappa shape index (κ2) is 7.59. The molecule has 0 fully saturated rings. The first-order valence-electron chi connectivity index (χ1n) is 7.28. The number of benzene rings is 2. The van der Waals surface area contributed by atoms with Crippen LogP contribution in [0.3, 0.4) is 0 Å². The molecule has 0 spiro atoms. The predicted molar refractivity (Wildman–Crippen MR) is 84.8 cm³/mol. The van der Waals surface area contributed by atoms with Crippen LogP contribution in [-0.4, -0.2) is 19.6 Å². The zero-order valence-electron chi connectivity index (χ0n) is 12.8. The molecule has 0 aliphatic carbocycles. The molecule has 22 heavy (non-hydrogen) atoms. The molecule has 0 bridgehead atoms. The maximum atomic E-state index is 13.3. The molecule has 1 N–H and O–H groups in total. The Bertz CT molecular complexity index is 628. The van der Waals surface area contributed by atoms with Crippen LogP contribution in [0.5, 0.6) is 5.75 Å². The van der Waals surface area contributed by atoms with E-state index in [9.17, 15) is 9.18 Å². The van der Waals surface area contributed by atoms with Crippen molar-refractivity contribution in [2.45, 2.75) is 19.3 Å². The van der Waals surface area contributed by atoms with Gasteiger partial charge in [-0.2, -0.15) is 0 Å². The maximum Gasteiger partial charge on any atom is 0.255 e. The third-order valence-electron chi connectivity index (χ3n) is 3.64. The van der Waals surface area contributed by atoms with E-state index < -0.39 is 5.82 Å². The van der Waals surface area contributed by atoms with Crippen LogP contribution in [0.2, 0.25) is 0 Å². The summed E-state index contributed by atoms with van der Waals surface area (Å²) >= 11 is 0. The second-order valence-corrected chi connectivity index (χ2v) is 5.20. The summed E-state index contributed by atoms with van der Waals surface area (Å²) in [6, 6.07) is 14.0. The summed E-state index contributed by atoms with van der Waals surface area (Å²) in [6.07, 6.45) is 0.813. The van der Waals surface area contributed by atoms with E-state index in [4.69, 9.17) is 4.74 Å². The highest BCUT2D eigenvalue weighted by Crippen LogP contribution is 2.20. The van der Waals surface area contributed by atoms with Gasteiger partial charge < -0.3 is 10.1 Å². The van der Waals surface area contributed by atoms with Gasteiger partial charge in [0.25, 0.3) is 5.91 Å². The first-order chi connectivity index (χ1) is 10.6. The Hall–Kier alpha value is -2.36. The fraction of sp³-hybridized carbons (Fsp3) is 0.278. The van der Waals surface area contributed by atoms with Crippen LogP contribution < -0.4 is 10.1 Å². The van der Waals surface area contributed by atoms with Gasteiger partial charge in [-0.15, -0.1) is 0 Å². The molecular weight excluding hydrogens is 281 g/mol. The Balaban J connectivity index is 1.92. The monoisotopic (exact) mass is 301 g/mol. The Morgan fingerprint density at radius 3 is 2.64 bits per heavy atom. The molecule has 116 valence electrons. The summed E-state index contributed by atoms with van der Waals surface area (Å²) < 4.78 is 18.4. The van der Waals surface area contributed by atoms with Crippen molar-refractivity contribution in [2.75, 3.05) is 13.7 Å². The van der Waals surface area contributed by atoms with Gasteiger partial charge in [0, 0.05) is 6.54 Å². The minimum atomic E-state index is -0.455. The Labute approximate surface area is 130 Å². The summed E-state index contributed by atoms with van der Waals surface area (Å²) in [5.74, 6) is -0.0638. The van der Waals surface area contributed by atoms with Gasteiger partial charge in [-0.05, 0) is 36.1 Å². The molecule has 1 unspecified atom stereocenters. The van der Waals surface area contributed by atoms with Gasteiger partial charge in [-0.1, -0.05) is 37.3 Å². The molecule has 1 amide bonds.